The normalized spacial score (nSPS) is 17.3. The van der Waals surface area contributed by atoms with Gasteiger partial charge in [0.15, 0.2) is 5.96 Å². The van der Waals surface area contributed by atoms with Gasteiger partial charge in [0.2, 0.25) is 0 Å². The van der Waals surface area contributed by atoms with E-state index in [1.54, 1.807) is 0 Å². The first kappa shape index (κ1) is 20.6. The lowest BCUT2D eigenvalue weighted by Crippen LogP contribution is -2.50. The lowest BCUT2D eigenvalue weighted by atomic mass is 10.0. The van der Waals surface area contributed by atoms with Crippen LogP contribution in [0.15, 0.2) is 29.3 Å². The third-order valence-electron chi connectivity index (χ3n) is 4.54. The van der Waals surface area contributed by atoms with Crippen LogP contribution in [0.2, 0.25) is 0 Å². The fraction of sp³-hybridized carbons (Fsp3) is 0.650. The summed E-state index contributed by atoms with van der Waals surface area (Å²) in [5.74, 6) is 0.700. The van der Waals surface area contributed by atoms with Crippen LogP contribution in [0.1, 0.15) is 39.2 Å². The van der Waals surface area contributed by atoms with Crippen LogP contribution in [0.4, 0.5) is 4.39 Å². The highest BCUT2D eigenvalue weighted by Crippen LogP contribution is 2.14. The summed E-state index contributed by atoms with van der Waals surface area (Å²) >= 11 is 0. The van der Waals surface area contributed by atoms with E-state index in [9.17, 15) is 4.39 Å². The number of aliphatic imine (C=N–C) groups is 1. The molecule has 0 atom stereocenters. The molecule has 1 aromatic carbocycles. The Hall–Kier alpha value is -1.66. The zero-order valence-electron chi connectivity index (χ0n) is 16.6. The lowest BCUT2D eigenvalue weighted by Gasteiger charge is -2.33. The zero-order valence-corrected chi connectivity index (χ0v) is 16.6. The van der Waals surface area contributed by atoms with Gasteiger partial charge in [-0.2, -0.15) is 0 Å². The summed E-state index contributed by atoms with van der Waals surface area (Å²) in [6, 6.07) is 7.26. The van der Waals surface area contributed by atoms with Gasteiger partial charge in [-0.3, -0.25) is 9.89 Å². The van der Waals surface area contributed by atoms with Gasteiger partial charge in [0, 0.05) is 51.4 Å². The lowest BCUT2D eigenvalue weighted by molar-refractivity contribution is 0.198. The molecule has 5 nitrogen and oxygen atoms in total. The Morgan fingerprint density at radius 2 is 1.81 bits per heavy atom. The second kappa shape index (κ2) is 9.88. The van der Waals surface area contributed by atoms with Crippen molar-refractivity contribution in [3.8, 4) is 0 Å². The molecule has 1 saturated heterocycles. The van der Waals surface area contributed by atoms with Crippen molar-refractivity contribution < 1.29 is 4.39 Å². The Morgan fingerprint density at radius 1 is 1.15 bits per heavy atom. The summed E-state index contributed by atoms with van der Waals surface area (Å²) < 4.78 is 13.0. The number of piperidine rings is 1. The highest BCUT2D eigenvalue weighted by Gasteiger charge is 2.20. The molecular weight excluding hydrogens is 329 g/mol. The predicted molar refractivity (Wildman–Crippen MR) is 107 cm³/mol. The largest absolute Gasteiger partial charge is 0.355 e. The van der Waals surface area contributed by atoms with Crippen molar-refractivity contribution in [2.45, 2.75) is 51.7 Å². The second-order valence-electron chi connectivity index (χ2n) is 8.00. The van der Waals surface area contributed by atoms with Crippen LogP contribution in [0.5, 0.6) is 0 Å². The van der Waals surface area contributed by atoms with E-state index >= 15 is 0 Å². The number of likely N-dealkylation sites (tertiary alicyclic amines) is 1. The summed E-state index contributed by atoms with van der Waals surface area (Å²) in [6.07, 6.45) is 2.17. The molecule has 0 bridgehead atoms. The SMILES string of the molecule is CN=C(NCCNC(C)(C)C)NC1CCN(Cc2ccc(F)cc2)CC1. The number of nitrogens with one attached hydrogen (secondary N) is 3. The fourth-order valence-electron chi connectivity index (χ4n) is 3.09. The second-order valence-corrected chi connectivity index (χ2v) is 8.00. The van der Waals surface area contributed by atoms with E-state index in [2.05, 4.69) is 46.6 Å². The molecule has 0 amide bonds. The minimum absolute atomic E-state index is 0.135. The topological polar surface area (TPSA) is 51.7 Å². The fourth-order valence-corrected chi connectivity index (χ4v) is 3.09. The van der Waals surface area contributed by atoms with E-state index in [4.69, 9.17) is 0 Å². The molecule has 1 heterocycles. The quantitative estimate of drug-likeness (QED) is 0.413. The van der Waals surface area contributed by atoms with Crippen molar-refractivity contribution in [3.05, 3.63) is 35.6 Å². The molecule has 1 aromatic rings. The third-order valence-corrected chi connectivity index (χ3v) is 4.54. The Labute approximate surface area is 157 Å². The standard InChI is InChI=1S/C20H34FN5/c1-20(2,3)24-12-11-23-19(22-4)25-18-9-13-26(14-10-18)15-16-5-7-17(21)8-6-16/h5-8,18,24H,9-15H2,1-4H3,(H2,22,23,25). The van der Waals surface area contributed by atoms with Crippen molar-refractivity contribution in [1.29, 1.82) is 0 Å². The maximum atomic E-state index is 13.0. The molecule has 3 N–H and O–H groups in total. The van der Waals surface area contributed by atoms with Gasteiger partial charge < -0.3 is 16.0 Å². The van der Waals surface area contributed by atoms with E-state index in [0.29, 0.717) is 6.04 Å². The van der Waals surface area contributed by atoms with Crippen LogP contribution in [-0.4, -0.2) is 55.7 Å². The molecule has 2 rings (SSSR count). The first-order valence-corrected chi connectivity index (χ1v) is 9.55. The van der Waals surface area contributed by atoms with Crippen molar-refractivity contribution in [3.63, 3.8) is 0 Å². The van der Waals surface area contributed by atoms with Crippen molar-refractivity contribution in [2.24, 2.45) is 4.99 Å². The van der Waals surface area contributed by atoms with Gasteiger partial charge in [0.25, 0.3) is 0 Å². The molecule has 1 fully saturated rings. The summed E-state index contributed by atoms with van der Waals surface area (Å²) in [5, 5.41) is 10.4. The number of rotatable bonds is 6. The highest BCUT2D eigenvalue weighted by atomic mass is 19.1. The van der Waals surface area contributed by atoms with Crippen LogP contribution in [0, 0.1) is 5.82 Å². The Bertz CT molecular complexity index is 557. The van der Waals surface area contributed by atoms with E-state index in [1.807, 2.05) is 19.2 Å². The van der Waals surface area contributed by atoms with Crippen molar-refractivity contribution in [2.75, 3.05) is 33.2 Å². The van der Waals surface area contributed by atoms with E-state index in [-0.39, 0.29) is 11.4 Å². The first-order chi connectivity index (χ1) is 12.4. The molecule has 0 spiro atoms. The summed E-state index contributed by atoms with van der Waals surface area (Å²) in [5.41, 5.74) is 1.30. The molecule has 0 saturated carbocycles. The molecule has 1 aliphatic rings. The van der Waals surface area contributed by atoms with E-state index < -0.39 is 0 Å². The Kier molecular flexibility index (Phi) is 7.85. The summed E-state index contributed by atoms with van der Waals surface area (Å²) in [4.78, 5) is 6.75. The number of hydrogen-bond acceptors (Lipinski definition) is 3. The minimum Gasteiger partial charge on any atom is -0.355 e. The highest BCUT2D eigenvalue weighted by molar-refractivity contribution is 5.79. The molecule has 6 heteroatoms. The Morgan fingerprint density at radius 3 is 2.38 bits per heavy atom. The van der Waals surface area contributed by atoms with Gasteiger partial charge in [0.1, 0.15) is 5.82 Å². The van der Waals surface area contributed by atoms with E-state index in [0.717, 1.165) is 51.5 Å². The molecule has 0 unspecified atom stereocenters. The molecule has 0 aliphatic carbocycles. The molecule has 26 heavy (non-hydrogen) atoms. The summed E-state index contributed by atoms with van der Waals surface area (Å²) in [6.45, 7) is 11.2. The number of hydrogen-bond donors (Lipinski definition) is 3. The molecule has 146 valence electrons. The molecule has 0 radical (unpaired) electrons. The van der Waals surface area contributed by atoms with Gasteiger partial charge in [-0.15, -0.1) is 0 Å². The predicted octanol–water partition coefficient (Wildman–Crippen LogP) is 2.34. The average Bonchev–Trinajstić information content (AvgIpc) is 2.60. The number of halogens is 1. The van der Waals surface area contributed by atoms with Crippen molar-refractivity contribution in [1.82, 2.24) is 20.9 Å². The number of benzene rings is 1. The smallest absolute Gasteiger partial charge is 0.191 e. The molecular formula is C20H34FN5. The first-order valence-electron chi connectivity index (χ1n) is 9.55. The third kappa shape index (κ3) is 7.70. The van der Waals surface area contributed by atoms with Crippen LogP contribution in [-0.2, 0) is 6.54 Å². The van der Waals surface area contributed by atoms with Gasteiger partial charge in [-0.05, 0) is 51.3 Å². The maximum absolute atomic E-state index is 13.0. The van der Waals surface area contributed by atoms with Crippen LogP contribution >= 0.6 is 0 Å². The van der Waals surface area contributed by atoms with Gasteiger partial charge in [0.05, 0.1) is 0 Å². The maximum Gasteiger partial charge on any atom is 0.191 e. The monoisotopic (exact) mass is 363 g/mol. The van der Waals surface area contributed by atoms with Crippen molar-refractivity contribution >= 4 is 5.96 Å². The number of nitrogens with zero attached hydrogens (tertiary/aromatic N) is 2. The van der Waals surface area contributed by atoms with Crippen LogP contribution in [0.25, 0.3) is 0 Å². The summed E-state index contributed by atoms with van der Waals surface area (Å²) in [7, 11) is 1.82. The van der Waals surface area contributed by atoms with Gasteiger partial charge in [-0.25, -0.2) is 4.39 Å². The average molecular weight is 364 g/mol. The van der Waals surface area contributed by atoms with Crippen LogP contribution in [0.3, 0.4) is 0 Å². The Balaban J connectivity index is 1.67. The zero-order chi connectivity index (χ0) is 19.0. The van der Waals surface area contributed by atoms with Gasteiger partial charge in [-0.1, -0.05) is 12.1 Å². The minimum atomic E-state index is -0.173. The number of guanidine groups is 1. The van der Waals surface area contributed by atoms with E-state index in [1.165, 1.54) is 17.7 Å². The molecule has 0 aromatic heterocycles. The molecule has 1 aliphatic heterocycles. The van der Waals surface area contributed by atoms with Gasteiger partial charge >= 0.3 is 0 Å². The van der Waals surface area contributed by atoms with Crippen LogP contribution < -0.4 is 16.0 Å².